The summed E-state index contributed by atoms with van der Waals surface area (Å²) >= 11 is 0. The first-order valence-corrected chi connectivity index (χ1v) is 10.4. The lowest BCUT2D eigenvalue weighted by Crippen LogP contribution is -2.33. The molecule has 0 atom stereocenters. The summed E-state index contributed by atoms with van der Waals surface area (Å²) in [5.41, 5.74) is 2.02. The van der Waals surface area contributed by atoms with Gasteiger partial charge in [0.2, 0.25) is 0 Å². The molecule has 0 saturated carbocycles. The molecule has 0 bridgehead atoms. The Bertz CT molecular complexity index is 1300. The topological polar surface area (TPSA) is 106 Å². The van der Waals surface area contributed by atoms with Gasteiger partial charge in [-0.05, 0) is 61.5 Å². The lowest BCUT2D eigenvalue weighted by Gasteiger charge is -2.11. The smallest absolute Gasteiger partial charge is 0.416 e. The maximum atomic E-state index is 12.6. The van der Waals surface area contributed by atoms with E-state index in [2.05, 4.69) is 15.8 Å². The second-order valence-electron chi connectivity index (χ2n) is 7.29. The number of benzene rings is 3. The van der Waals surface area contributed by atoms with E-state index < -0.39 is 29.5 Å². The molecule has 0 fully saturated rings. The zero-order valence-corrected chi connectivity index (χ0v) is 19.1. The first-order valence-electron chi connectivity index (χ1n) is 10.4. The number of nitrogens with one attached hydrogen (secondary N) is 2. The fraction of sp³-hybridized carbons (Fsp3) is 0.120. The van der Waals surface area contributed by atoms with Crippen LogP contribution in [0.1, 0.15) is 28.4 Å². The summed E-state index contributed by atoms with van der Waals surface area (Å²) in [6, 6.07) is 16.4. The molecule has 0 aliphatic heterocycles. The fourth-order valence-electron chi connectivity index (χ4n) is 2.94. The predicted octanol–water partition coefficient (Wildman–Crippen LogP) is 4.41. The number of carbonyl (C=O) groups is 3. The van der Waals surface area contributed by atoms with E-state index in [-0.39, 0.29) is 22.7 Å². The third-order valence-corrected chi connectivity index (χ3v) is 4.79. The molecule has 0 aliphatic rings. The molecule has 3 aromatic carbocycles. The van der Waals surface area contributed by atoms with Gasteiger partial charge in [-0.1, -0.05) is 18.2 Å². The SMILES string of the molecule is COc1cccc(C(=O)Oc2ccccc2/C(C)=N/NC(=O)C(=O)Nc2ccc(C(F)(F)F)cc2)c1. The fourth-order valence-corrected chi connectivity index (χ4v) is 2.94. The Kier molecular flexibility index (Phi) is 8.05. The van der Waals surface area contributed by atoms with Crippen molar-refractivity contribution in [1.29, 1.82) is 0 Å². The Morgan fingerprint density at radius 2 is 1.58 bits per heavy atom. The van der Waals surface area contributed by atoms with Crippen LogP contribution in [0.2, 0.25) is 0 Å². The van der Waals surface area contributed by atoms with Crippen LogP contribution in [0.15, 0.2) is 77.9 Å². The number of amides is 2. The van der Waals surface area contributed by atoms with Gasteiger partial charge < -0.3 is 14.8 Å². The number of hydrogen-bond acceptors (Lipinski definition) is 6. The number of esters is 1. The lowest BCUT2D eigenvalue weighted by atomic mass is 10.1. The van der Waals surface area contributed by atoms with E-state index in [4.69, 9.17) is 9.47 Å². The minimum Gasteiger partial charge on any atom is -0.497 e. The minimum absolute atomic E-state index is 0.00125. The maximum absolute atomic E-state index is 12.6. The van der Waals surface area contributed by atoms with Crippen LogP contribution < -0.4 is 20.2 Å². The van der Waals surface area contributed by atoms with Gasteiger partial charge in [0.15, 0.2) is 0 Å². The lowest BCUT2D eigenvalue weighted by molar-refractivity contribution is -0.137. The molecule has 186 valence electrons. The van der Waals surface area contributed by atoms with Crippen molar-refractivity contribution in [2.45, 2.75) is 13.1 Å². The molecule has 0 saturated heterocycles. The van der Waals surface area contributed by atoms with Crippen LogP contribution in [0.5, 0.6) is 11.5 Å². The maximum Gasteiger partial charge on any atom is 0.416 e. The Labute approximate surface area is 203 Å². The second-order valence-corrected chi connectivity index (χ2v) is 7.29. The third-order valence-electron chi connectivity index (χ3n) is 4.79. The van der Waals surface area contributed by atoms with Gasteiger partial charge in [-0.3, -0.25) is 9.59 Å². The van der Waals surface area contributed by atoms with E-state index >= 15 is 0 Å². The van der Waals surface area contributed by atoms with E-state index in [0.29, 0.717) is 11.3 Å². The van der Waals surface area contributed by atoms with Gasteiger partial charge in [0.05, 0.1) is 23.9 Å². The highest BCUT2D eigenvalue weighted by atomic mass is 19.4. The van der Waals surface area contributed by atoms with Crippen LogP contribution in [0.3, 0.4) is 0 Å². The number of para-hydroxylation sites is 1. The molecule has 3 aromatic rings. The van der Waals surface area contributed by atoms with Crippen LogP contribution in [0.4, 0.5) is 18.9 Å². The highest BCUT2D eigenvalue weighted by molar-refractivity contribution is 6.39. The molecule has 3 rings (SSSR count). The average molecular weight is 499 g/mol. The highest BCUT2D eigenvalue weighted by Crippen LogP contribution is 2.29. The van der Waals surface area contributed by atoms with E-state index in [0.717, 1.165) is 24.3 Å². The summed E-state index contributed by atoms with van der Waals surface area (Å²) in [6.07, 6.45) is -4.52. The quantitative estimate of drug-likeness (QED) is 0.172. The molecule has 2 amide bonds. The van der Waals surface area contributed by atoms with E-state index in [9.17, 15) is 27.6 Å². The van der Waals surface area contributed by atoms with Crippen molar-refractivity contribution in [1.82, 2.24) is 5.43 Å². The minimum atomic E-state index is -4.52. The molecule has 8 nitrogen and oxygen atoms in total. The zero-order chi connectivity index (χ0) is 26.3. The van der Waals surface area contributed by atoms with Gasteiger partial charge in [0.1, 0.15) is 11.5 Å². The Morgan fingerprint density at radius 3 is 2.25 bits per heavy atom. The van der Waals surface area contributed by atoms with Gasteiger partial charge in [-0.2, -0.15) is 18.3 Å². The first-order chi connectivity index (χ1) is 17.1. The number of hydrazone groups is 1. The number of anilines is 1. The van der Waals surface area contributed by atoms with Crippen LogP contribution in [-0.2, 0) is 15.8 Å². The van der Waals surface area contributed by atoms with E-state index in [1.165, 1.54) is 26.2 Å². The number of nitrogens with zero attached hydrogens (tertiary/aromatic N) is 1. The van der Waals surface area contributed by atoms with Gasteiger partial charge in [-0.25, -0.2) is 10.2 Å². The number of halogens is 3. The van der Waals surface area contributed by atoms with Crippen molar-refractivity contribution in [2.24, 2.45) is 5.10 Å². The summed E-state index contributed by atoms with van der Waals surface area (Å²) in [4.78, 5) is 36.7. The van der Waals surface area contributed by atoms with Crippen molar-refractivity contribution in [3.8, 4) is 11.5 Å². The monoisotopic (exact) mass is 499 g/mol. The highest BCUT2D eigenvalue weighted by Gasteiger charge is 2.30. The summed E-state index contributed by atoms with van der Waals surface area (Å²) in [6.45, 7) is 1.52. The largest absolute Gasteiger partial charge is 0.497 e. The van der Waals surface area contributed by atoms with Crippen molar-refractivity contribution < 1.29 is 37.0 Å². The van der Waals surface area contributed by atoms with Gasteiger partial charge >= 0.3 is 24.0 Å². The molecule has 2 N–H and O–H groups in total. The zero-order valence-electron chi connectivity index (χ0n) is 19.1. The number of alkyl halides is 3. The molecule has 0 heterocycles. The molecular weight excluding hydrogens is 479 g/mol. The van der Waals surface area contributed by atoms with Crippen LogP contribution in [0, 0.1) is 0 Å². The molecule has 0 radical (unpaired) electrons. The Morgan fingerprint density at radius 1 is 0.889 bits per heavy atom. The number of rotatable bonds is 6. The van der Waals surface area contributed by atoms with Crippen LogP contribution in [0.25, 0.3) is 0 Å². The Balaban J connectivity index is 1.66. The predicted molar refractivity (Wildman–Crippen MR) is 125 cm³/mol. The van der Waals surface area contributed by atoms with Crippen molar-refractivity contribution in [2.75, 3.05) is 12.4 Å². The van der Waals surface area contributed by atoms with E-state index in [1.54, 1.807) is 36.4 Å². The molecule has 0 aromatic heterocycles. The standard InChI is InChI=1S/C25H20F3N3O5/c1-15(30-31-23(33)22(32)29-18-12-10-17(11-13-18)25(26,27)28)20-8-3-4-9-21(20)36-24(34)16-6-5-7-19(14-16)35-2/h3-14H,1-2H3,(H,29,32)(H,31,33)/b30-15+. The molecule has 0 aliphatic carbocycles. The molecule has 11 heteroatoms. The number of ether oxygens (including phenoxy) is 2. The molecule has 0 unspecified atom stereocenters. The summed E-state index contributed by atoms with van der Waals surface area (Å²) < 4.78 is 48.5. The van der Waals surface area contributed by atoms with Crippen LogP contribution >= 0.6 is 0 Å². The van der Waals surface area contributed by atoms with Gasteiger partial charge in [0, 0.05) is 11.3 Å². The first kappa shape index (κ1) is 25.9. The second kappa shape index (κ2) is 11.2. The van der Waals surface area contributed by atoms with Crippen molar-refractivity contribution >= 4 is 29.2 Å². The molecule has 36 heavy (non-hydrogen) atoms. The third kappa shape index (κ3) is 6.69. The van der Waals surface area contributed by atoms with E-state index in [1.807, 2.05) is 0 Å². The number of hydrogen-bond donors (Lipinski definition) is 2. The number of carbonyl (C=O) groups excluding carboxylic acids is 3. The summed E-state index contributed by atoms with van der Waals surface area (Å²) in [7, 11) is 1.47. The number of methoxy groups -OCH3 is 1. The molecular formula is C25H20F3N3O5. The van der Waals surface area contributed by atoms with Crippen molar-refractivity contribution in [3.05, 3.63) is 89.5 Å². The summed E-state index contributed by atoms with van der Waals surface area (Å²) in [5.74, 6) is -2.29. The van der Waals surface area contributed by atoms with Gasteiger partial charge in [0.25, 0.3) is 0 Å². The average Bonchev–Trinajstić information content (AvgIpc) is 2.87. The summed E-state index contributed by atoms with van der Waals surface area (Å²) in [5, 5.41) is 6.05. The van der Waals surface area contributed by atoms with Gasteiger partial charge in [-0.15, -0.1) is 0 Å². The normalized spacial score (nSPS) is 11.4. The van der Waals surface area contributed by atoms with Crippen molar-refractivity contribution in [3.63, 3.8) is 0 Å². The van der Waals surface area contributed by atoms with Crippen LogP contribution in [-0.4, -0.2) is 30.6 Å². The Hall–Kier alpha value is -4.67. The molecule has 0 spiro atoms.